The van der Waals surface area contributed by atoms with Crippen molar-refractivity contribution in [2.24, 2.45) is 0 Å². The van der Waals surface area contributed by atoms with Crippen molar-refractivity contribution in [2.45, 2.75) is 44.7 Å². The molecule has 5 rings (SSSR count). The van der Waals surface area contributed by atoms with Crippen LogP contribution >= 0.6 is 0 Å². The molecule has 1 aromatic heterocycles. The van der Waals surface area contributed by atoms with Gasteiger partial charge in [0.05, 0.1) is 25.5 Å². The highest BCUT2D eigenvalue weighted by Gasteiger charge is 2.59. The molecule has 2 fully saturated rings. The molecule has 1 N–H and O–H groups in total. The molecule has 10 nitrogen and oxygen atoms in total. The maximum atomic E-state index is 13.8. The summed E-state index contributed by atoms with van der Waals surface area (Å²) in [6, 6.07) is 16.2. The highest BCUT2D eigenvalue weighted by Crippen LogP contribution is 2.44. The number of amides is 1. The topological polar surface area (TPSA) is 120 Å². The fraction of sp³-hybridized carbons (Fsp3) is 0.321. The Kier molecular flexibility index (Phi) is 6.46. The minimum Gasteiger partial charge on any atom is -0.510 e. The van der Waals surface area contributed by atoms with E-state index in [2.05, 4.69) is 0 Å². The van der Waals surface area contributed by atoms with Crippen molar-refractivity contribution in [1.29, 1.82) is 0 Å². The van der Waals surface area contributed by atoms with Crippen molar-refractivity contribution in [1.82, 2.24) is 9.47 Å². The van der Waals surface area contributed by atoms with Gasteiger partial charge in [0.1, 0.15) is 17.9 Å². The van der Waals surface area contributed by atoms with Gasteiger partial charge in [-0.05, 0) is 20.8 Å². The van der Waals surface area contributed by atoms with Crippen LogP contribution in [-0.2, 0) is 23.8 Å². The van der Waals surface area contributed by atoms with Gasteiger partial charge in [0, 0.05) is 11.1 Å². The molecule has 3 heterocycles. The van der Waals surface area contributed by atoms with Crippen molar-refractivity contribution in [3.63, 3.8) is 0 Å². The Bertz CT molecular complexity index is 1450. The number of rotatable bonds is 6. The Morgan fingerprint density at radius 3 is 2.16 bits per heavy atom. The zero-order valence-corrected chi connectivity index (χ0v) is 21.4. The zero-order chi connectivity index (χ0) is 27.2. The molecule has 0 aliphatic carbocycles. The lowest BCUT2D eigenvalue weighted by atomic mass is 9.88. The minimum atomic E-state index is -1.11. The van der Waals surface area contributed by atoms with Gasteiger partial charge in [-0.3, -0.25) is 14.3 Å². The third-order valence-electron chi connectivity index (χ3n) is 6.69. The number of esters is 1. The first kappa shape index (κ1) is 25.5. The Hall–Kier alpha value is -4.15. The van der Waals surface area contributed by atoms with Crippen LogP contribution in [0.1, 0.15) is 26.8 Å². The second kappa shape index (κ2) is 9.62. The number of β-lactam (4-membered cyclic amide) rings is 1. The van der Waals surface area contributed by atoms with Crippen LogP contribution in [-0.4, -0.2) is 58.1 Å². The molecule has 1 amide bonds. The number of nitrogens with zero attached hydrogens (tertiary/aromatic N) is 2. The van der Waals surface area contributed by atoms with Gasteiger partial charge in [0.2, 0.25) is 0 Å². The first-order chi connectivity index (χ1) is 18.1. The number of likely N-dealkylation sites (tertiary alicyclic amines) is 1. The number of hydrogen-bond acceptors (Lipinski definition) is 8. The number of aliphatic hydroxyl groups excluding tert-OH is 1. The average Bonchev–Trinajstić information content (AvgIpc) is 3.43. The van der Waals surface area contributed by atoms with E-state index in [-0.39, 0.29) is 12.3 Å². The Balaban J connectivity index is 1.71. The molecule has 2 aliphatic rings. The van der Waals surface area contributed by atoms with Crippen molar-refractivity contribution in [3.05, 3.63) is 82.7 Å². The maximum absolute atomic E-state index is 13.8. The first-order valence-corrected chi connectivity index (χ1v) is 12.1. The summed E-state index contributed by atoms with van der Waals surface area (Å²) in [5.74, 6) is -3.29. The lowest BCUT2D eigenvalue weighted by Crippen LogP contribution is -2.67. The van der Waals surface area contributed by atoms with Crippen LogP contribution in [0.4, 0.5) is 0 Å². The van der Waals surface area contributed by atoms with E-state index in [0.717, 1.165) is 12.0 Å². The smallest absolute Gasteiger partial charge is 0.420 e. The molecular weight excluding hydrogens is 492 g/mol. The normalized spacial score (nSPS) is 23.1. The third kappa shape index (κ3) is 4.21. The van der Waals surface area contributed by atoms with Crippen molar-refractivity contribution >= 4 is 11.9 Å². The Morgan fingerprint density at radius 1 is 1.03 bits per heavy atom. The minimum absolute atomic E-state index is 0.0929. The second-order valence-corrected chi connectivity index (χ2v) is 9.58. The molecule has 38 heavy (non-hydrogen) atoms. The number of carbonyl (C=O) groups is 2. The largest absolute Gasteiger partial charge is 0.510 e. The fourth-order valence-electron chi connectivity index (χ4n) is 5.08. The Morgan fingerprint density at radius 2 is 1.63 bits per heavy atom. The SMILES string of the molecule is COC(=O)/C(=C(\C)O)N1C(=O)[C@H](n2c(-c3ccccc3)c(-c3ccccc3)oc2=O)[C@@H]1[C@H]1COC(C)(C)O1. The van der Waals surface area contributed by atoms with Gasteiger partial charge in [0.25, 0.3) is 5.91 Å². The number of hydrogen-bond donors (Lipinski definition) is 1. The van der Waals surface area contributed by atoms with E-state index < -0.39 is 47.4 Å². The van der Waals surface area contributed by atoms with Crippen molar-refractivity contribution in [2.75, 3.05) is 13.7 Å². The summed E-state index contributed by atoms with van der Waals surface area (Å²) in [6.07, 6.45) is -0.725. The first-order valence-electron chi connectivity index (χ1n) is 12.1. The lowest BCUT2D eigenvalue weighted by molar-refractivity contribution is -0.176. The maximum Gasteiger partial charge on any atom is 0.420 e. The molecule has 0 saturated carbocycles. The van der Waals surface area contributed by atoms with Crippen LogP contribution in [0, 0.1) is 0 Å². The van der Waals surface area contributed by atoms with Crippen LogP contribution < -0.4 is 5.76 Å². The summed E-state index contributed by atoms with van der Waals surface area (Å²) < 4.78 is 23.8. The summed E-state index contributed by atoms with van der Waals surface area (Å²) in [4.78, 5) is 41.0. The van der Waals surface area contributed by atoms with Gasteiger partial charge in [-0.15, -0.1) is 0 Å². The van der Waals surface area contributed by atoms with Crippen molar-refractivity contribution < 1.29 is 33.3 Å². The summed E-state index contributed by atoms with van der Waals surface area (Å²) >= 11 is 0. The molecule has 198 valence electrons. The molecule has 0 spiro atoms. The van der Waals surface area contributed by atoms with Gasteiger partial charge < -0.3 is 23.7 Å². The molecular formula is C28H28N2O8. The summed E-state index contributed by atoms with van der Waals surface area (Å²) in [5.41, 5.74) is 1.40. The zero-order valence-electron chi connectivity index (χ0n) is 21.4. The van der Waals surface area contributed by atoms with E-state index in [9.17, 15) is 19.5 Å². The number of aromatic nitrogens is 1. The van der Waals surface area contributed by atoms with Gasteiger partial charge >= 0.3 is 11.7 Å². The molecule has 0 bridgehead atoms. The van der Waals surface area contributed by atoms with Gasteiger partial charge in [-0.2, -0.15) is 0 Å². The molecule has 2 aliphatic heterocycles. The second-order valence-electron chi connectivity index (χ2n) is 9.58. The summed E-state index contributed by atoms with van der Waals surface area (Å²) in [7, 11) is 1.15. The van der Waals surface area contributed by atoms with Gasteiger partial charge in [-0.1, -0.05) is 60.7 Å². The van der Waals surface area contributed by atoms with Gasteiger partial charge in [-0.25, -0.2) is 9.59 Å². The van der Waals surface area contributed by atoms with E-state index in [4.69, 9.17) is 18.6 Å². The van der Waals surface area contributed by atoms with Gasteiger partial charge in [0.15, 0.2) is 17.2 Å². The fourth-order valence-corrected chi connectivity index (χ4v) is 5.08. The van der Waals surface area contributed by atoms with E-state index in [1.165, 1.54) is 11.5 Å². The highest BCUT2D eigenvalue weighted by molar-refractivity contribution is 6.00. The van der Waals surface area contributed by atoms with E-state index in [0.29, 0.717) is 22.6 Å². The average molecular weight is 521 g/mol. The quantitative estimate of drug-likeness (QED) is 0.226. The predicted octanol–water partition coefficient (Wildman–Crippen LogP) is 3.64. The number of allylic oxidation sites excluding steroid dienone is 1. The lowest BCUT2D eigenvalue weighted by Gasteiger charge is -2.49. The standard InChI is InChI=1S/C28H28N2O8/c1-16(31)20(26(33)35-4)29-22(19-15-36-28(2,3)38-19)23(25(29)32)30-21(17-11-7-5-8-12-17)24(37-27(30)34)18-13-9-6-10-14-18/h5-14,19,22-23,31H,15H2,1-4H3/b20-16-/t19-,22+,23-/m1/s1. The summed E-state index contributed by atoms with van der Waals surface area (Å²) in [6.45, 7) is 4.84. The molecule has 0 radical (unpaired) electrons. The van der Waals surface area contributed by atoms with Crippen LogP contribution in [0.25, 0.3) is 22.6 Å². The highest BCUT2D eigenvalue weighted by atomic mass is 16.7. The Labute approximate surface area is 218 Å². The summed E-state index contributed by atoms with van der Waals surface area (Å²) in [5, 5.41) is 10.4. The number of carbonyl (C=O) groups excluding carboxylic acids is 2. The number of ether oxygens (including phenoxy) is 3. The molecule has 3 atom stereocenters. The number of oxazole rings is 1. The number of methoxy groups -OCH3 is 1. The van der Waals surface area contributed by atoms with E-state index in [1.54, 1.807) is 13.8 Å². The number of aliphatic hydroxyl groups is 1. The number of benzene rings is 2. The van der Waals surface area contributed by atoms with Crippen LogP contribution in [0.2, 0.25) is 0 Å². The van der Waals surface area contributed by atoms with E-state index >= 15 is 0 Å². The predicted molar refractivity (Wildman–Crippen MR) is 136 cm³/mol. The van der Waals surface area contributed by atoms with E-state index in [1.807, 2.05) is 60.7 Å². The molecule has 3 aromatic rings. The van der Waals surface area contributed by atoms with Crippen LogP contribution in [0.3, 0.4) is 0 Å². The van der Waals surface area contributed by atoms with Crippen LogP contribution in [0.5, 0.6) is 0 Å². The molecule has 0 unspecified atom stereocenters. The molecule has 10 heteroatoms. The molecule has 2 saturated heterocycles. The molecule has 2 aromatic carbocycles. The third-order valence-corrected chi connectivity index (χ3v) is 6.69. The van der Waals surface area contributed by atoms with Crippen molar-refractivity contribution in [3.8, 4) is 22.6 Å². The monoisotopic (exact) mass is 520 g/mol. The van der Waals surface area contributed by atoms with Crippen LogP contribution in [0.15, 0.2) is 81.3 Å².